The molecule has 0 radical (unpaired) electrons. The van der Waals surface area contributed by atoms with Gasteiger partial charge < -0.3 is 5.32 Å². The van der Waals surface area contributed by atoms with E-state index in [0.717, 1.165) is 16.4 Å². The van der Waals surface area contributed by atoms with Crippen molar-refractivity contribution >= 4 is 16.3 Å². The molecule has 0 atom stereocenters. The lowest BCUT2D eigenvalue weighted by Gasteiger charge is -2.05. The third-order valence-corrected chi connectivity index (χ3v) is 3.12. The minimum absolute atomic E-state index is 0.0619. The Morgan fingerprint density at radius 3 is 2.62 bits per heavy atom. The summed E-state index contributed by atoms with van der Waals surface area (Å²) in [5.41, 5.74) is 1.27. The summed E-state index contributed by atoms with van der Waals surface area (Å²) in [6, 6.07) is 13.4. The van der Waals surface area contributed by atoms with Crippen LogP contribution in [0.5, 0.6) is 0 Å². The van der Waals surface area contributed by atoms with Gasteiger partial charge in [-0.2, -0.15) is 0 Å². The highest BCUT2D eigenvalue weighted by atomic mass is 32.1. The Hall–Kier alpha value is -1.61. The molecule has 2 aromatic rings. The van der Waals surface area contributed by atoms with Crippen LogP contribution in [0.3, 0.4) is 0 Å². The fraction of sp³-hybridized carbons (Fsp3) is 0.154. The van der Waals surface area contributed by atoms with E-state index in [1.807, 2.05) is 25.1 Å². The van der Waals surface area contributed by atoms with Gasteiger partial charge in [-0.25, -0.2) is 0 Å². The summed E-state index contributed by atoms with van der Waals surface area (Å²) in [4.78, 5) is 12.3. The zero-order valence-electron chi connectivity index (χ0n) is 9.07. The van der Waals surface area contributed by atoms with Gasteiger partial charge in [0.1, 0.15) is 0 Å². The van der Waals surface area contributed by atoms with Crippen LogP contribution < -0.4 is 10.7 Å². The molecule has 1 aromatic heterocycles. The van der Waals surface area contributed by atoms with E-state index in [4.69, 9.17) is 0 Å². The van der Waals surface area contributed by atoms with Crippen molar-refractivity contribution in [2.24, 2.45) is 0 Å². The molecular weight excluding hydrogens is 218 g/mol. The molecule has 2 rings (SSSR count). The van der Waals surface area contributed by atoms with Gasteiger partial charge >= 0.3 is 0 Å². The Morgan fingerprint density at radius 1 is 1.19 bits per heavy atom. The van der Waals surface area contributed by atoms with Crippen LogP contribution in [0.4, 0.5) is 5.00 Å². The minimum Gasteiger partial charge on any atom is -0.373 e. The van der Waals surface area contributed by atoms with Crippen molar-refractivity contribution in [3.8, 4) is 0 Å². The Morgan fingerprint density at radius 2 is 1.94 bits per heavy atom. The molecule has 0 aliphatic rings. The van der Waals surface area contributed by atoms with Gasteiger partial charge in [-0.05, 0) is 18.6 Å². The number of hydrogen-bond acceptors (Lipinski definition) is 3. The van der Waals surface area contributed by atoms with Crippen molar-refractivity contribution in [2.75, 3.05) is 5.32 Å². The third-order valence-electron chi connectivity index (χ3n) is 2.20. The second-order valence-corrected chi connectivity index (χ2v) is 4.90. The summed E-state index contributed by atoms with van der Waals surface area (Å²) >= 11 is 1.60. The molecule has 0 spiro atoms. The second kappa shape index (κ2) is 4.94. The lowest BCUT2D eigenvalue weighted by atomic mass is 10.2. The molecule has 1 aromatic carbocycles. The molecule has 0 bridgehead atoms. The number of benzene rings is 1. The lowest BCUT2D eigenvalue weighted by molar-refractivity contribution is 1.16. The van der Waals surface area contributed by atoms with Gasteiger partial charge in [0, 0.05) is 17.5 Å². The van der Waals surface area contributed by atoms with Crippen LogP contribution >= 0.6 is 11.3 Å². The highest BCUT2D eigenvalue weighted by molar-refractivity contribution is 7.15. The molecule has 0 saturated carbocycles. The number of hydrogen-bond donors (Lipinski definition) is 1. The first-order chi connectivity index (χ1) is 7.74. The van der Waals surface area contributed by atoms with Gasteiger partial charge in [-0.15, -0.1) is 11.3 Å². The standard InChI is InChI=1S/C13H13NOS/c1-10-7-12(15)8-13(16-10)14-9-11-5-3-2-4-6-11/h2-8,14H,9H2,1H3. The van der Waals surface area contributed by atoms with E-state index in [1.54, 1.807) is 23.5 Å². The highest BCUT2D eigenvalue weighted by Gasteiger charge is 1.97. The highest BCUT2D eigenvalue weighted by Crippen LogP contribution is 2.16. The molecule has 82 valence electrons. The van der Waals surface area contributed by atoms with Crippen LogP contribution in [0.15, 0.2) is 47.3 Å². The van der Waals surface area contributed by atoms with Crippen molar-refractivity contribution in [3.63, 3.8) is 0 Å². The Balaban J connectivity index is 2.08. The summed E-state index contributed by atoms with van der Waals surface area (Å²) in [5, 5.41) is 4.19. The summed E-state index contributed by atoms with van der Waals surface area (Å²) in [5.74, 6) is 0. The van der Waals surface area contributed by atoms with Gasteiger partial charge in [-0.1, -0.05) is 30.3 Å². The Kier molecular flexibility index (Phi) is 3.37. The topological polar surface area (TPSA) is 29.1 Å². The normalized spacial score (nSPS) is 10.1. The average molecular weight is 231 g/mol. The quantitative estimate of drug-likeness (QED) is 0.879. The molecule has 0 fully saturated rings. The first-order valence-electron chi connectivity index (χ1n) is 5.13. The number of rotatable bonds is 3. The number of nitrogens with one attached hydrogen (secondary N) is 1. The molecule has 0 unspecified atom stereocenters. The van der Waals surface area contributed by atoms with E-state index in [9.17, 15) is 4.79 Å². The van der Waals surface area contributed by atoms with E-state index in [0.29, 0.717) is 0 Å². The molecule has 0 aliphatic heterocycles. The van der Waals surface area contributed by atoms with E-state index >= 15 is 0 Å². The summed E-state index contributed by atoms with van der Waals surface area (Å²) in [6.07, 6.45) is 0. The van der Waals surface area contributed by atoms with E-state index in [2.05, 4.69) is 17.4 Å². The maximum Gasteiger partial charge on any atom is 0.182 e. The SMILES string of the molecule is Cc1cc(=O)cc(NCc2ccccc2)s1. The Bertz CT molecular complexity index is 519. The maximum absolute atomic E-state index is 11.3. The van der Waals surface area contributed by atoms with Gasteiger partial charge in [0.05, 0.1) is 5.00 Å². The van der Waals surface area contributed by atoms with Crippen LogP contribution in [0.2, 0.25) is 0 Å². The molecule has 16 heavy (non-hydrogen) atoms. The van der Waals surface area contributed by atoms with Crippen LogP contribution in [0.1, 0.15) is 10.4 Å². The van der Waals surface area contributed by atoms with Crippen molar-refractivity contribution < 1.29 is 0 Å². The molecule has 2 nitrogen and oxygen atoms in total. The zero-order valence-corrected chi connectivity index (χ0v) is 9.88. The van der Waals surface area contributed by atoms with Crippen LogP contribution in [-0.2, 0) is 6.54 Å². The fourth-order valence-electron chi connectivity index (χ4n) is 1.48. The van der Waals surface area contributed by atoms with E-state index in [1.165, 1.54) is 5.56 Å². The van der Waals surface area contributed by atoms with Gasteiger partial charge in [0.15, 0.2) is 5.43 Å². The molecule has 0 aliphatic carbocycles. The Labute approximate surface area is 98.6 Å². The lowest BCUT2D eigenvalue weighted by Crippen LogP contribution is -2.03. The van der Waals surface area contributed by atoms with Crippen LogP contribution in [0, 0.1) is 6.92 Å². The van der Waals surface area contributed by atoms with Crippen molar-refractivity contribution in [1.29, 1.82) is 0 Å². The molecule has 0 amide bonds. The average Bonchev–Trinajstić information content (AvgIpc) is 2.27. The van der Waals surface area contributed by atoms with Crippen molar-refractivity contribution in [2.45, 2.75) is 13.5 Å². The molecule has 1 N–H and O–H groups in total. The molecule has 0 saturated heterocycles. The predicted octanol–water partition coefficient (Wildman–Crippen LogP) is 3.03. The summed E-state index contributed by atoms with van der Waals surface area (Å²) in [7, 11) is 0. The third kappa shape index (κ3) is 2.94. The molecule has 1 heterocycles. The van der Waals surface area contributed by atoms with Gasteiger partial charge in [0.25, 0.3) is 0 Å². The smallest absolute Gasteiger partial charge is 0.182 e. The minimum atomic E-state index is 0.0619. The molecular formula is C13H13NOS. The largest absolute Gasteiger partial charge is 0.373 e. The maximum atomic E-state index is 11.3. The van der Waals surface area contributed by atoms with E-state index < -0.39 is 0 Å². The fourth-order valence-corrected chi connectivity index (χ4v) is 2.32. The van der Waals surface area contributed by atoms with E-state index in [-0.39, 0.29) is 5.43 Å². The second-order valence-electron chi connectivity index (χ2n) is 3.61. The van der Waals surface area contributed by atoms with Crippen molar-refractivity contribution in [3.05, 3.63) is 63.1 Å². The number of anilines is 1. The van der Waals surface area contributed by atoms with Crippen LogP contribution in [0.25, 0.3) is 0 Å². The monoisotopic (exact) mass is 231 g/mol. The van der Waals surface area contributed by atoms with Crippen LogP contribution in [-0.4, -0.2) is 0 Å². The number of aryl methyl sites for hydroxylation is 1. The zero-order chi connectivity index (χ0) is 11.4. The predicted molar refractivity (Wildman–Crippen MR) is 69.1 cm³/mol. The van der Waals surface area contributed by atoms with Gasteiger partial charge in [0.2, 0.25) is 0 Å². The van der Waals surface area contributed by atoms with Gasteiger partial charge in [-0.3, -0.25) is 4.79 Å². The summed E-state index contributed by atoms with van der Waals surface area (Å²) < 4.78 is 0. The van der Waals surface area contributed by atoms with Crippen molar-refractivity contribution in [1.82, 2.24) is 0 Å². The molecule has 3 heteroatoms. The first-order valence-corrected chi connectivity index (χ1v) is 5.95. The first kappa shape index (κ1) is 10.9. The summed E-state index contributed by atoms with van der Waals surface area (Å²) in [6.45, 7) is 2.69.